The fourth-order valence-electron chi connectivity index (χ4n) is 2.01. The van der Waals surface area contributed by atoms with Gasteiger partial charge in [-0.3, -0.25) is 4.79 Å². The van der Waals surface area contributed by atoms with Gasteiger partial charge < -0.3 is 10.6 Å². The van der Waals surface area contributed by atoms with E-state index in [2.05, 4.69) is 27.0 Å². The number of nitriles is 1. The molecule has 2 N–H and O–H groups in total. The molecule has 0 saturated carbocycles. The molecule has 19 heavy (non-hydrogen) atoms. The van der Waals surface area contributed by atoms with Crippen LogP contribution in [0.15, 0.2) is 6.20 Å². The minimum Gasteiger partial charge on any atom is -0.349 e. The molecule has 1 saturated heterocycles. The predicted octanol–water partition coefficient (Wildman–Crippen LogP) is 0.0921. The van der Waals surface area contributed by atoms with Crippen LogP contribution >= 0.6 is 0 Å². The van der Waals surface area contributed by atoms with Crippen molar-refractivity contribution < 1.29 is 4.79 Å². The Balaban J connectivity index is 1.92. The first-order valence-electron chi connectivity index (χ1n) is 6.51. The molecule has 2 heterocycles. The average molecular weight is 262 g/mol. The Kier molecular flexibility index (Phi) is 4.47. The largest absolute Gasteiger partial charge is 0.349 e. The van der Waals surface area contributed by atoms with Crippen molar-refractivity contribution in [3.05, 3.63) is 11.9 Å². The number of rotatable bonds is 4. The summed E-state index contributed by atoms with van der Waals surface area (Å²) in [5.41, 5.74) is 0.309. The van der Waals surface area contributed by atoms with Gasteiger partial charge in [-0.15, -0.1) is 5.10 Å². The predicted molar refractivity (Wildman–Crippen MR) is 68.3 cm³/mol. The quantitative estimate of drug-likeness (QED) is 0.802. The lowest BCUT2D eigenvalue weighted by Crippen LogP contribution is -2.30. The highest BCUT2D eigenvalue weighted by Gasteiger charge is 2.18. The number of amides is 1. The first kappa shape index (κ1) is 13.5. The van der Waals surface area contributed by atoms with Gasteiger partial charge in [0.2, 0.25) is 0 Å². The number of aromatic nitrogens is 3. The maximum Gasteiger partial charge on any atom is 0.273 e. The van der Waals surface area contributed by atoms with Crippen LogP contribution in [0.3, 0.4) is 0 Å². The summed E-state index contributed by atoms with van der Waals surface area (Å²) in [6.45, 7) is 4.01. The highest BCUT2D eigenvalue weighted by Crippen LogP contribution is 2.16. The number of hydrogen-bond acceptors (Lipinski definition) is 5. The van der Waals surface area contributed by atoms with Gasteiger partial charge in [0.1, 0.15) is 0 Å². The molecule has 1 fully saturated rings. The zero-order valence-corrected chi connectivity index (χ0v) is 11.0. The lowest BCUT2D eigenvalue weighted by atomic mass is 10.1. The van der Waals surface area contributed by atoms with Crippen molar-refractivity contribution in [3.63, 3.8) is 0 Å². The van der Waals surface area contributed by atoms with Gasteiger partial charge in [-0.1, -0.05) is 5.21 Å². The number of carbonyl (C=O) groups is 1. The van der Waals surface area contributed by atoms with Crippen molar-refractivity contribution in [1.82, 2.24) is 25.6 Å². The first-order valence-corrected chi connectivity index (χ1v) is 6.51. The lowest BCUT2D eigenvalue weighted by Gasteiger charge is -2.22. The summed E-state index contributed by atoms with van der Waals surface area (Å²) in [7, 11) is 0. The summed E-state index contributed by atoms with van der Waals surface area (Å²) in [6, 6.07) is 2.38. The molecule has 1 aliphatic heterocycles. The van der Waals surface area contributed by atoms with E-state index in [1.807, 2.05) is 0 Å². The van der Waals surface area contributed by atoms with Gasteiger partial charge in [-0.05, 0) is 32.9 Å². The van der Waals surface area contributed by atoms with E-state index >= 15 is 0 Å². The van der Waals surface area contributed by atoms with E-state index in [0.29, 0.717) is 18.3 Å². The second-order valence-corrected chi connectivity index (χ2v) is 4.81. The molecule has 7 nitrogen and oxygen atoms in total. The second kappa shape index (κ2) is 6.29. The van der Waals surface area contributed by atoms with Crippen LogP contribution in [0.5, 0.6) is 0 Å². The lowest BCUT2D eigenvalue weighted by molar-refractivity contribution is 0.0945. The SMILES string of the molecule is CC(C#N)CNC(=O)c1cn(C2CCNCC2)nn1. The Labute approximate surface area is 112 Å². The molecule has 102 valence electrons. The Morgan fingerprint density at radius 2 is 2.42 bits per heavy atom. The van der Waals surface area contributed by atoms with E-state index < -0.39 is 0 Å². The topological polar surface area (TPSA) is 95.6 Å². The molecule has 0 bridgehead atoms. The average Bonchev–Trinajstić information content (AvgIpc) is 2.95. The maximum absolute atomic E-state index is 11.8. The fraction of sp³-hybridized carbons (Fsp3) is 0.667. The zero-order valence-electron chi connectivity index (χ0n) is 11.0. The van der Waals surface area contributed by atoms with E-state index in [1.54, 1.807) is 17.8 Å². The fourth-order valence-corrected chi connectivity index (χ4v) is 2.01. The first-order chi connectivity index (χ1) is 9.20. The third kappa shape index (κ3) is 3.51. The van der Waals surface area contributed by atoms with E-state index in [1.165, 1.54) is 0 Å². The van der Waals surface area contributed by atoms with Gasteiger partial charge in [0.15, 0.2) is 5.69 Å². The summed E-state index contributed by atoms with van der Waals surface area (Å²) in [4.78, 5) is 11.8. The number of nitrogens with one attached hydrogen (secondary N) is 2. The summed E-state index contributed by atoms with van der Waals surface area (Å²) in [5.74, 6) is -0.481. The molecule has 0 spiro atoms. The van der Waals surface area contributed by atoms with E-state index in [0.717, 1.165) is 25.9 Å². The normalized spacial score (nSPS) is 17.7. The number of carbonyl (C=O) groups excluding carboxylic acids is 1. The van der Waals surface area contributed by atoms with Crippen LogP contribution in [-0.4, -0.2) is 40.5 Å². The molecule has 0 radical (unpaired) electrons. The van der Waals surface area contributed by atoms with E-state index in [9.17, 15) is 4.79 Å². The molecule has 1 aliphatic rings. The van der Waals surface area contributed by atoms with Crippen LogP contribution in [0.25, 0.3) is 0 Å². The van der Waals surface area contributed by atoms with Crippen LogP contribution in [0, 0.1) is 17.2 Å². The Morgan fingerprint density at radius 1 is 1.68 bits per heavy atom. The van der Waals surface area contributed by atoms with Crippen molar-refractivity contribution >= 4 is 5.91 Å². The van der Waals surface area contributed by atoms with Crippen molar-refractivity contribution in [2.24, 2.45) is 5.92 Å². The van der Waals surface area contributed by atoms with Gasteiger partial charge in [0, 0.05) is 6.54 Å². The monoisotopic (exact) mass is 262 g/mol. The second-order valence-electron chi connectivity index (χ2n) is 4.81. The van der Waals surface area contributed by atoms with Crippen LogP contribution in [0.1, 0.15) is 36.3 Å². The van der Waals surface area contributed by atoms with Gasteiger partial charge in [0.25, 0.3) is 5.91 Å². The molecular weight excluding hydrogens is 244 g/mol. The minimum atomic E-state index is -0.276. The molecule has 0 aromatic carbocycles. The highest BCUT2D eigenvalue weighted by atomic mass is 16.2. The molecule has 1 unspecified atom stereocenters. The van der Waals surface area contributed by atoms with Crippen molar-refractivity contribution in [3.8, 4) is 6.07 Å². The van der Waals surface area contributed by atoms with Gasteiger partial charge in [0.05, 0.1) is 24.2 Å². The Bertz CT molecular complexity index is 471. The summed E-state index contributed by atoms with van der Waals surface area (Å²) in [5, 5.41) is 22.5. The molecule has 0 aliphatic carbocycles. The number of piperidine rings is 1. The summed E-state index contributed by atoms with van der Waals surface area (Å²) in [6.07, 6.45) is 3.67. The van der Waals surface area contributed by atoms with Crippen LogP contribution in [0.2, 0.25) is 0 Å². The molecule has 1 amide bonds. The number of nitrogens with zero attached hydrogens (tertiary/aromatic N) is 4. The Morgan fingerprint density at radius 3 is 3.11 bits per heavy atom. The van der Waals surface area contributed by atoms with Gasteiger partial charge in [-0.25, -0.2) is 4.68 Å². The smallest absolute Gasteiger partial charge is 0.273 e. The minimum absolute atomic E-state index is 0.205. The standard InChI is InChI=1S/C12H18N6O/c1-9(6-13)7-15-12(19)11-8-18(17-16-11)10-2-4-14-5-3-10/h8-10,14H,2-5,7H2,1H3,(H,15,19). The molecule has 1 aromatic heterocycles. The van der Waals surface area contributed by atoms with E-state index in [4.69, 9.17) is 5.26 Å². The van der Waals surface area contributed by atoms with Crippen molar-refractivity contribution in [2.75, 3.05) is 19.6 Å². The van der Waals surface area contributed by atoms with Crippen molar-refractivity contribution in [1.29, 1.82) is 5.26 Å². The summed E-state index contributed by atoms with van der Waals surface area (Å²) < 4.78 is 1.77. The molecular formula is C12H18N6O. The zero-order chi connectivity index (χ0) is 13.7. The van der Waals surface area contributed by atoms with Gasteiger partial charge >= 0.3 is 0 Å². The molecule has 1 atom stereocenters. The molecule has 1 aromatic rings. The van der Waals surface area contributed by atoms with Crippen molar-refractivity contribution in [2.45, 2.75) is 25.8 Å². The van der Waals surface area contributed by atoms with Crippen LogP contribution < -0.4 is 10.6 Å². The third-order valence-electron chi connectivity index (χ3n) is 3.21. The van der Waals surface area contributed by atoms with E-state index in [-0.39, 0.29) is 11.8 Å². The molecule has 7 heteroatoms. The van der Waals surface area contributed by atoms with Crippen LogP contribution in [-0.2, 0) is 0 Å². The maximum atomic E-state index is 11.8. The van der Waals surface area contributed by atoms with Gasteiger partial charge in [-0.2, -0.15) is 5.26 Å². The highest BCUT2D eigenvalue weighted by molar-refractivity contribution is 5.91. The molecule has 2 rings (SSSR count). The third-order valence-corrected chi connectivity index (χ3v) is 3.21. The van der Waals surface area contributed by atoms with Crippen LogP contribution in [0.4, 0.5) is 0 Å². The number of hydrogen-bond donors (Lipinski definition) is 2. The summed E-state index contributed by atoms with van der Waals surface area (Å²) >= 11 is 0. The Hall–Kier alpha value is -1.94.